The number of nitrogens with zero attached hydrogens (tertiary/aromatic N) is 1. The van der Waals surface area contributed by atoms with Crippen LogP contribution >= 0.6 is 0 Å². The molecule has 0 aliphatic carbocycles. The fourth-order valence-corrected chi connectivity index (χ4v) is 1.69. The van der Waals surface area contributed by atoms with Crippen LogP contribution in [0, 0.1) is 11.8 Å². The first-order chi connectivity index (χ1) is 9.52. The summed E-state index contributed by atoms with van der Waals surface area (Å²) < 4.78 is 0. The van der Waals surface area contributed by atoms with Gasteiger partial charge < -0.3 is 16.0 Å². The summed E-state index contributed by atoms with van der Waals surface area (Å²) in [4.78, 5) is 14.1. The van der Waals surface area contributed by atoms with Crippen LogP contribution in [-0.4, -0.2) is 44.0 Å². The van der Waals surface area contributed by atoms with Crippen molar-refractivity contribution in [1.82, 2.24) is 10.2 Å². The molecule has 1 unspecified atom stereocenters. The monoisotopic (exact) mass is 273 g/mol. The number of hydrogen-bond donors (Lipinski definition) is 2. The van der Waals surface area contributed by atoms with E-state index in [9.17, 15) is 4.79 Å². The summed E-state index contributed by atoms with van der Waals surface area (Å²) in [5.41, 5.74) is 6.84. The van der Waals surface area contributed by atoms with Crippen LogP contribution in [0.2, 0.25) is 0 Å². The average molecular weight is 273 g/mol. The summed E-state index contributed by atoms with van der Waals surface area (Å²) in [6, 6.07) is 7.40. The Morgan fingerprint density at radius 1 is 1.35 bits per heavy atom. The van der Waals surface area contributed by atoms with Crippen molar-refractivity contribution in [3.8, 4) is 11.8 Å². The maximum Gasteiger partial charge on any atom is 0.251 e. The van der Waals surface area contributed by atoms with E-state index in [0.717, 1.165) is 18.5 Å². The van der Waals surface area contributed by atoms with E-state index < -0.39 is 0 Å². The Morgan fingerprint density at radius 2 is 2.00 bits per heavy atom. The maximum atomic E-state index is 12.0. The quantitative estimate of drug-likeness (QED) is 0.789. The third kappa shape index (κ3) is 5.87. The normalized spacial score (nSPS) is 11.7. The van der Waals surface area contributed by atoms with Gasteiger partial charge in [0.25, 0.3) is 5.91 Å². The van der Waals surface area contributed by atoms with Gasteiger partial charge in [-0.2, -0.15) is 0 Å². The molecule has 0 aromatic heterocycles. The molecule has 0 aliphatic rings. The molecule has 1 aromatic carbocycles. The van der Waals surface area contributed by atoms with E-state index >= 15 is 0 Å². The number of carbonyl (C=O) groups is 1. The SMILES string of the molecule is CC(CCN(C)C)NC(=O)c1ccc(C#CCN)cc1. The average Bonchev–Trinajstić information content (AvgIpc) is 2.43. The summed E-state index contributed by atoms with van der Waals surface area (Å²) in [5, 5.41) is 2.99. The Morgan fingerprint density at radius 3 is 2.55 bits per heavy atom. The van der Waals surface area contributed by atoms with E-state index in [-0.39, 0.29) is 11.9 Å². The Hall–Kier alpha value is -1.83. The summed E-state index contributed by atoms with van der Waals surface area (Å²) in [6.45, 7) is 3.31. The second-order valence-electron chi connectivity index (χ2n) is 5.05. The fourth-order valence-electron chi connectivity index (χ4n) is 1.69. The zero-order valence-electron chi connectivity index (χ0n) is 12.4. The van der Waals surface area contributed by atoms with Crippen molar-refractivity contribution in [3.63, 3.8) is 0 Å². The van der Waals surface area contributed by atoms with Crippen LogP contribution in [0.15, 0.2) is 24.3 Å². The first-order valence-corrected chi connectivity index (χ1v) is 6.77. The molecule has 0 heterocycles. The summed E-state index contributed by atoms with van der Waals surface area (Å²) >= 11 is 0. The molecule has 0 fully saturated rings. The van der Waals surface area contributed by atoms with Crippen LogP contribution in [0.25, 0.3) is 0 Å². The van der Waals surface area contributed by atoms with Crippen LogP contribution in [-0.2, 0) is 0 Å². The molecule has 0 bridgehead atoms. The van der Waals surface area contributed by atoms with Gasteiger partial charge in [0.15, 0.2) is 0 Å². The molecule has 3 N–H and O–H groups in total. The van der Waals surface area contributed by atoms with Crippen LogP contribution in [0.4, 0.5) is 0 Å². The molecule has 0 saturated carbocycles. The number of benzene rings is 1. The van der Waals surface area contributed by atoms with Gasteiger partial charge in [-0.25, -0.2) is 0 Å². The summed E-state index contributed by atoms with van der Waals surface area (Å²) in [7, 11) is 4.05. The zero-order chi connectivity index (χ0) is 15.0. The lowest BCUT2D eigenvalue weighted by molar-refractivity contribution is 0.0937. The minimum absolute atomic E-state index is 0.0467. The van der Waals surface area contributed by atoms with E-state index in [1.807, 2.05) is 33.2 Å². The smallest absolute Gasteiger partial charge is 0.251 e. The highest BCUT2D eigenvalue weighted by molar-refractivity contribution is 5.94. The minimum atomic E-state index is -0.0467. The largest absolute Gasteiger partial charge is 0.350 e. The Bertz CT molecular complexity index is 483. The second kappa shape index (κ2) is 8.36. The highest BCUT2D eigenvalue weighted by Gasteiger charge is 2.09. The van der Waals surface area contributed by atoms with Crippen molar-refractivity contribution in [3.05, 3.63) is 35.4 Å². The van der Waals surface area contributed by atoms with Gasteiger partial charge in [0.05, 0.1) is 6.54 Å². The van der Waals surface area contributed by atoms with E-state index in [2.05, 4.69) is 22.1 Å². The van der Waals surface area contributed by atoms with Gasteiger partial charge in [0.1, 0.15) is 0 Å². The predicted octanol–water partition coefficient (Wildman–Crippen LogP) is 1.07. The van der Waals surface area contributed by atoms with Crippen LogP contribution in [0.1, 0.15) is 29.3 Å². The van der Waals surface area contributed by atoms with Crippen LogP contribution in [0.3, 0.4) is 0 Å². The molecule has 1 amide bonds. The molecule has 1 rings (SSSR count). The number of carbonyl (C=O) groups excluding carboxylic acids is 1. The zero-order valence-corrected chi connectivity index (χ0v) is 12.4. The van der Waals surface area contributed by atoms with E-state index in [1.54, 1.807) is 12.1 Å². The molecule has 1 atom stereocenters. The summed E-state index contributed by atoms with van der Waals surface area (Å²) in [6.07, 6.45) is 0.929. The molecule has 108 valence electrons. The molecule has 0 spiro atoms. The highest BCUT2D eigenvalue weighted by atomic mass is 16.1. The van der Waals surface area contributed by atoms with Crippen molar-refractivity contribution < 1.29 is 4.79 Å². The lowest BCUT2D eigenvalue weighted by Crippen LogP contribution is -2.34. The minimum Gasteiger partial charge on any atom is -0.350 e. The van der Waals surface area contributed by atoms with Gasteiger partial charge in [0.2, 0.25) is 0 Å². The second-order valence-corrected chi connectivity index (χ2v) is 5.05. The maximum absolute atomic E-state index is 12.0. The molecule has 0 saturated heterocycles. The van der Waals surface area contributed by atoms with Gasteiger partial charge in [-0.05, 0) is 58.3 Å². The van der Waals surface area contributed by atoms with E-state index in [1.165, 1.54) is 0 Å². The Labute approximate surface area is 121 Å². The third-order valence-corrected chi connectivity index (χ3v) is 2.87. The number of amides is 1. The van der Waals surface area contributed by atoms with Crippen molar-refractivity contribution in [2.24, 2.45) is 5.73 Å². The van der Waals surface area contributed by atoms with Crippen molar-refractivity contribution in [1.29, 1.82) is 0 Å². The molecule has 4 nitrogen and oxygen atoms in total. The molecule has 0 radical (unpaired) electrons. The van der Waals surface area contributed by atoms with Gasteiger partial charge >= 0.3 is 0 Å². The van der Waals surface area contributed by atoms with Crippen LogP contribution in [0.5, 0.6) is 0 Å². The molecule has 20 heavy (non-hydrogen) atoms. The third-order valence-electron chi connectivity index (χ3n) is 2.87. The van der Waals surface area contributed by atoms with E-state index in [4.69, 9.17) is 5.73 Å². The molecule has 1 aromatic rings. The standard InChI is InChI=1S/C16H23N3O/c1-13(10-12-19(2)3)18-16(20)15-8-6-14(7-9-15)5-4-11-17/h6-9,13H,10-12,17H2,1-3H3,(H,18,20). The highest BCUT2D eigenvalue weighted by Crippen LogP contribution is 2.04. The van der Waals surface area contributed by atoms with Crippen molar-refractivity contribution >= 4 is 5.91 Å². The van der Waals surface area contributed by atoms with Crippen LogP contribution < -0.4 is 11.1 Å². The molecule has 4 heteroatoms. The summed E-state index contributed by atoms with van der Waals surface area (Å²) in [5.74, 6) is 5.67. The predicted molar refractivity (Wildman–Crippen MR) is 82.5 cm³/mol. The van der Waals surface area contributed by atoms with Crippen molar-refractivity contribution in [2.75, 3.05) is 27.2 Å². The number of nitrogens with one attached hydrogen (secondary N) is 1. The first kappa shape index (κ1) is 16.2. The van der Waals surface area contributed by atoms with Gasteiger partial charge in [-0.3, -0.25) is 4.79 Å². The number of hydrogen-bond acceptors (Lipinski definition) is 3. The first-order valence-electron chi connectivity index (χ1n) is 6.77. The Balaban J connectivity index is 2.55. The topological polar surface area (TPSA) is 58.4 Å². The van der Waals surface area contributed by atoms with Gasteiger partial charge in [-0.15, -0.1) is 0 Å². The molecular weight excluding hydrogens is 250 g/mol. The van der Waals surface area contributed by atoms with Gasteiger partial charge in [0, 0.05) is 17.2 Å². The molecule has 0 aliphatic heterocycles. The lowest BCUT2D eigenvalue weighted by Gasteiger charge is -2.16. The molecular formula is C16H23N3O. The fraction of sp³-hybridized carbons (Fsp3) is 0.438. The lowest BCUT2D eigenvalue weighted by atomic mass is 10.1. The number of nitrogens with two attached hydrogens (primary N) is 1. The van der Waals surface area contributed by atoms with E-state index in [0.29, 0.717) is 12.1 Å². The Kier molecular flexibility index (Phi) is 6.78. The van der Waals surface area contributed by atoms with Gasteiger partial charge in [-0.1, -0.05) is 11.8 Å². The van der Waals surface area contributed by atoms with Crippen molar-refractivity contribution in [2.45, 2.75) is 19.4 Å². The number of rotatable bonds is 5.